The molecule has 0 amide bonds. The fraction of sp³-hybridized carbons (Fsp3) is 0.474. The van der Waals surface area contributed by atoms with Crippen LogP contribution in [0.4, 0.5) is 5.82 Å². The van der Waals surface area contributed by atoms with Gasteiger partial charge in [-0.1, -0.05) is 6.07 Å². The van der Waals surface area contributed by atoms with E-state index in [-0.39, 0.29) is 24.0 Å². The van der Waals surface area contributed by atoms with Gasteiger partial charge in [-0.15, -0.1) is 35.3 Å². The van der Waals surface area contributed by atoms with Gasteiger partial charge in [0.15, 0.2) is 5.96 Å². The van der Waals surface area contributed by atoms with Crippen molar-refractivity contribution in [2.45, 2.75) is 20.0 Å². The van der Waals surface area contributed by atoms with E-state index in [0.29, 0.717) is 6.54 Å². The molecule has 0 aliphatic carbocycles. The molecule has 8 heteroatoms. The maximum atomic E-state index is 4.64. The Kier molecular flexibility index (Phi) is 8.78. The summed E-state index contributed by atoms with van der Waals surface area (Å²) in [6.45, 7) is 7.91. The van der Waals surface area contributed by atoms with Gasteiger partial charge in [0.1, 0.15) is 5.82 Å². The van der Waals surface area contributed by atoms with E-state index in [1.165, 1.54) is 10.4 Å². The molecule has 0 spiro atoms. The number of aromatic nitrogens is 1. The monoisotopic (exact) mass is 500 g/mol. The average molecular weight is 500 g/mol. The number of rotatable bonds is 5. The van der Waals surface area contributed by atoms with Crippen LogP contribution >= 0.6 is 35.3 Å². The third-order valence-corrected chi connectivity index (χ3v) is 5.73. The van der Waals surface area contributed by atoms with Crippen molar-refractivity contribution in [2.24, 2.45) is 4.99 Å². The Labute approximate surface area is 183 Å². The van der Waals surface area contributed by atoms with E-state index >= 15 is 0 Å². The number of piperazine rings is 1. The summed E-state index contributed by atoms with van der Waals surface area (Å²) in [5, 5.41) is 8.84. The van der Waals surface area contributed by atoms with E-state index in [4.69, 9.17) is 0 Å². The Morgan fingerprint density at radius 1 is 1.15 bits per heavy atom. The normalized spacial score (nSPS) is 15.4. The first-order valence-electron chi connectivity index (χ1n) is 9.01. The fourth-order valence-corrected chi connectivity index (χ4v) is 3.75. The minimum absolute atomic E-state index is 0. The molecule has 3 rings (SSSR count). The molecule has 6 nitrogen and oxygen atoms in total. The Bertz CT molecular complexity index is 722. The molecule has 0 atom stereocenters. The van der Waals surface area contributed by atoms with E-state index in [2.05, 4.69) is 68.0 Å². The van der Waals surface area contributed by atoms with Gasteiger partial charge in [-0.25, -0.2) is 4.98 Å². The highest BCUT2D eigenvalue weighted by atomic mass is 127. The molecule has 27 heavy (non-hydrogen) atoms. The number of guanidine groups is 1. The van der Waals surface area contributed by atoms with E-state index in [1.54, 1.807) is 18.4 Å². The molecule has 3 heterocycles. The topological polar surface area (TPSA) is 55.8 Å². The third-order valence-electron chi connectivity index (χ3n) is 4.70. The van der Waals surface area contributed by atoms with Crippen LogP contribution in [0.15, 0.2) is 34.8 Å². The Morgan fingerprint density at radius 2 is 1.89 bits per heavy atom. The van der Waals surface area contributed by atoms with Crippen molar-refractivity contribution in [3.63, 3.8) is 0 Å². The molecule has 2 aromatic rings. The van der Waals surface area contributed by atoms with Gasteiger partial charge in [-0.05, 0) is 42.6 Å². The Balaban J connectivity index is 0.00000261. The number of nitrogens with zero attached hydrogens (tertiary/aromatic N) is 4. The molecule has 1 fully saturated rings. The zero-order chi connectivity index (χ0) is 18.4. The number of aliphatic imine (C=N–C) groups is 1. The standard InChI is InChI=1S/C19H28N6S.HI/c1-15-6-11-26-17(15)14-23-19(20-2)22-13-16-4-5-18(21-12-16)25-9-7-24(3)8-10-25;/h4-6,11-12H,7-10,13-14H2,1-3H3,(H2,20,22,23);1H. The molecular weight excluding hydrogens is 471 g/mol. The zero-order valence-corrected chi connectivity index (χ0v) is 19.4. The molecular formula is C19H29IN6S. The van der Waals surface area contributed by atoms with Crippen molar-refractivity contribution < 1.29 is 0 Å². The van der Waals surface area contributed by atoms with E-state index in [0.717, 1.165) is 50.1 Å². The number of hydrogen-bond acceptors (Lipinski definition) is 5. The summed E-state index contributed by atoms with van der Waals surface area (Å²) in [6, 6.07) is 6.41. The predicted octanol–water partition coefficient (Wildman–Crippen LogP) is 2.69. The third kappa shape index (κ3) is 6.32. The summed E-state index contributed by atoms with van der Waals surface area (Å²) in [5.74, 6) is 1.87. The summed E-state index contributed by atoms with van der Waals surface area (Å²) < 4.78 is 0. The molecule has 2 aromatic heterocycles. The van der Waals surface area contributed by atoms with Crippen molar-refractivity contribution in [1.29, 1.82) is 0 Å². The number of thiophene rings is 1. The SMILES string of the molecule is CN=C(NCc1ccc(N2CCN(C)CC2)nc1)NCc1sccc1C.I. The minimum atomic E-state index is 0. The Hall–Kier alpha value is -1.39. The molecule has 0 unspecified atom stereocenters. The molecule has 0 bridgehead atoms. The van der Waals surface area contributed by atoms with Gasteiger partial charge >= 0.3 is 0 Å². The van der Waals surface area contributed by atoms with Crippen LogP contribution in [0.5, 0.6) is 0 Å². The summed E-state index contributed by atoms with van der Waals surface area (Å²) in [5.41, 5.74) is 2.47. The summed E-state index contributed by atoms with van der Waals surface area (Å²) >= 11 is 1.77. The minimum Gasteiger partial charge on any atom is -0.354 e. The number of pyridine rings is 1. The molecule has 1 aliphatic heterocycles. The lowest BCUT2D eigenvalue weighted by molar-refractivity contribution is 0.312. The van der Waals surface area contributed by atoms with Crippen molar-refractivity contribution >= 4 is 47.1 Å². The first-order valence-corrected chi connectivity index (χ1v) is 9.89. The van der Waals surface area contributed by atoms with Gasteiger partial charge in [0, 0.05) is 50.8 Å². The molecule has 0 radical (unpaired) electrons. The van der Waals surface area contributed by atoms with Crippen LogP contribution in [-0.2, 0) is 13.1 Å². The molecule has 0 saturated carbocycles. The quantitative estimate of drug-likeness (QED) is 0.376. The number of nitrogens with one attached hydrogen (secondary N) is 2. The van der Waals surface area contributed by atoms with Crippen LogP contribution in [0.25, 0.3) is 0 Å². The van der Waals surface area contributed by atoms with Crippen molar-refractivity contribution in [2.75, 3.05) is 45.2 Å². The predicted molar refractivity (Wildman–Crippen MR) is 125 cm³/mol. The lowest BCUT2D eigenvalue weighted by Gasteiger charge is -2.33. The van der Waals surface area contributed by atoms with Crippen LogP contribution in [0.1, 0.15) is 16.0 Å². The van der Waals surface area contributed by atoms with Crippen molar-refractivity contribution in [3.05, 3.63) is 45.8 Å². The summed E-state index contributed by atoms with van der Waals surface area (Å²) in [6.07, 6.45) is 1.96. The van der Waals surface area contributed by atoms with Gasteiger partial charge < -0.3 is 20.4 Å². The lowest BCUT2D eigenvalue weighted by atomic mass is 10.2. The smallest absolute Gasteiger partial charge is 0.191 e. The molecule has 0 aromatic carbocycles. The highest BCUT2D eigenvalue weighted by molar-refractivity contribution is 14.0. The van der Waals surface area contributed by atoms with Gasteiger partial charge in [0.05, 0.1) is 6.54 Å². The van der Waals surface area contributed by atoms with Crippen molar-refractivity contribution in [1.82, 2.24) is 20.5 Å². The highest BCUT2D eigenvalue weighted by Gasteiger charge is 2.14. The maximum absolute atomic E-state index is 4.64. The lowest BCUT2D eigenvalue weighted by Crippen LogP contribution is -2.44. The van der Waals surface area contributed by atoms with Crippen molar-refractivity contribution in [3.8, 4) is 0 Å². The second kappa shape index (κ2) is 10.8. The summed E-state index contributed by atoms with van der Waals surface area (Å²) in [4.78, 5) is 15.0. The Morgan fingerprint density at radius 3 is 2.48 bits per heavy atom. The molecule has 1 saturated heterocycles. The highest BCUT2D eigenvalue weighted by Crippen LogP contribution is 2.15. The van der Waals surface area contributed by atoms with E-state index in [9.17, 15) is 0 Å². The van der Waals surface area contributed by atoms with Gasteiger partial charge in [0.25, 0.3) is 0 Å². The first kappa shape index (κ1) is 21.9. The fourth-order valence-electron chi connectivity index (χ4n) is 2.90. The average Bonchev–Trinajstić information content (AvgIpc) is 3.08. The number of hydrogen-bond donors (Lipinski definition) is 2. The van der Waals surface area contributed by atoms with Crippen LogP contribution < -0.4 is 15.5 Å². The second-order valence-corrected chi connectivity index (χ2v) is 7.62. The molecule has 1 aliphatic rings. The number of halogens is 1. The molecule has 148 valence electrons. The van der Waals surface area contributed by atoms with Crippen LogP contribution in [0, 0.1) is 6.92 Å². The van der Waals surface area contributed by atoms with E-state index in [1.807, 2.05) is 6.20 Å². The largest absolute Gasteiger partial charge is 0.354 e. The van der Waals surface area contributed by atoms with Crippen LogP contribution in [0.2, 0.25) is 0 Å². The van der Waals surface area contributed by atoms with Crippen LogP contribution in [0.3, 0.4) is 0 Å². The first-order chi connectivity index (χ1) is 12.7. The molecule has 2 N–H and O–H groups in total. The summed E-state index contributed by atoms with van der Waals surface area (Å²) in [7, 11) is 3.96. The van der Waals surface area contributed by atoms with Crippen LogP contribution in [-0.4, -0.2) is 56.1 Å². The van der Waals surface area contributed by atoms with E-state index < -0.39 is 0 Å². The van der Waals surface area contributed by atoms with Gasteiger partial charge in [-0.2, -0.15) is 0 Å². The number of likely N-dealkylation sites (N-methyl/N-ethyl adjacent to an activating group) is 1. The second-order valence-electron chi connectivity index (χ2n) is 6.62. The van der Waals surface area contributed by atoms with Gasteiger partial charge in [-0.3, -0.25) is 4.99 Å². The van der Waals surface area contributed by atoms with Gasteiger partial charge in [0.2, 0.25) is 0 Å². The number of aryl methyl sites for hydroxylation is 1. The maximum Gasteiger partial charge on any atom is 0.191 e. The number of anilines is 1. The zero-order valence-electron chi connectivity index (χ0n) is 16.2.